The average molecular weight is 201 g/mol. The first-order valence-electron chi connectivity index (χ1n) is 4.60. The molecule has 0 spiro atoms. The van der Waals surface area contributed by atoms with Gasteiger partial charge >= 0.3 is 0 Å². The monoisotopic (exact) mass is 201 g/mol. The Labute approximate surface area is 87.6 Å². The van der Waals surface area contributed by atoms with E-state index in [0.29, 0.717) is 5.95 Å². The van der Waals surface area contributed by atoms with Crippen molar-refractivity contribution in [3.63, 3.8) is 0 Å². The molecule has 0 saturated carbocycles. The molecule has 0 fully saturated rings. The normalized spacial score (nSPS) is 10.0. The lowest BCUT2D eigenvalue weighted by Crippen LogP contribution is -1.99. The standard InChI is InChI=1S/C10H11N5/c1-7-9(13-6-5-12-7)8-3-4-14-10(11-2)15-8/h3-6H,1-2H3,(H,11,14,15). The lowest BCUT2D eigenvalue weighted by atomic mass is 10.2. The number of aromatic nitrogens is 4. The summed E-state index contributed by atoms with van der Waals surface area (Å²) in [5, 5.41) is 2.89. The summed E-state index contributed by atoms with van der Waals surface area (Å²) in [5.74, 6) is 0.581. The summed E-state index contributed by atoms with van der Waals surface area (Å²) in [7, 11) is 1.78. The molecule has 0 amide bonds. The van der Waals surface area contributed by atoms with E-state index in [1.54, 1.807) is 25.6 Å². The smallest absolute Gasteiger partial charge is 0.222 e. The van der Waals surface area contributed by atoms with Gasteiger partial charge in [0.1, 0.15) is 5.69 Å². The predicted molar refractivity (Wildman–Crippen MR) is 57.3 cm³/mol. The van der Waals surface area contributed by atoms with Crippen LogP contribution in [0, 0.1) is 6.92 Å². The highest BCUT2D eigenvalue weighted by molar-refractivity contribution is 5.57. The lowest BCUT2D eigenvalue weighted by Gasteiger charge is -2.03. The zero-order valence-electron chi connectivity index (χ0n) is 8.60. The van der Waals surface area contributed by atoms with Crippen LogP contribution in [0.4, 0.5) is 5.95 Å². The molecule has 0 aliphatic rings. The molecule has 0 aliphatic carbocycles. The van der Waals surface area contributed by atoms with Gasteiger partial charge in [0, 0.05) is 25.6 Å². The Morgan fingerprint density at radius 2 is 1.87 bits per heavy atom. The molecular weight excluding hydrogens is 190 g/mol. The number of hydrogen-bond donors (Lipinski definition) is 1. The molecule has 2 aromatic heterocycles. The van der Waals surface area contributed by atoms with Gasteiger partial charge in [-0.1, -0.05) is 0 Å². The fourth-order valence-corrected chi connectivity index (χ4v) is 1.27. The summed E-state index contributed by atoms with van der Waals surface area (Å²) < 4.78 is 0. The van der Waals surface area contributed by atoms with Crippen LogP contribution in [0.3, 0.4) is 0 Å². The fourth-order valence-electron chi connectivity index (χ4n) is 1.27. The van der Waals surface area contributed by atoms with Crippen molar-refractivity contribution in [1.29, 1.82) is 0 Å². The van der Waals surface area contributed by atoms with Crippen molar-refractivity contribution in [1.82, 2.24) is 19.9 Å². The molecule has 5 heteroatoms. The maximum Gasteiger partial charge on any atom is 0.222 e. The van der Waals surface area contributed by atoms with Gasteiger partial charge in [-0.3, -0.25) is 9.97 Å². The number of aryl methyl sites for hydroxylation is 1. The number of nitrogens with one attached hydrogen (secondary N) is 1. The van der Waals surface area contributed by atoms with Crippen molar-refractivity contribution >= 4 is 5.95 Å². The van der Waals surface area contributed by atoms with E-state index in [9.17, 15) is 0 Å². The van der Waals surface area contributed by atoms with Crippen LogP contribution in [-0.2, 0) is 0 Å². The van der Waals surface area contributed by atoms with Crippen molar-refractivity contribution < 1.29 is 0 Å². The van der Waals surface area contributed by atoms with Crippen LogP contribution in [0.15, 0.2) is 24.7 Å². The van der Waals surface area contributed by atoms with E-state index in [-0.39, 0.29) is 0 Å². The summed E-state index contributed by atoms with van der Waals surface area (Å²) in [5.41, 5.74) is 2.43. The summed E-state index contributed by atoms with van der Waals surface area (Å²) >= 11 is 0. The molecule has 0 radical (unpaired) electrons. The average Bonchev–Trinajstić information content (AvgIpc) is 2.30. The SMILES string of the molecule is CNc1nccc(-c2nccnc2C)n1. The topological polar surface area (TPSA) is 63.6 Å². The molecule has 15 heavy (non-hydrogen) atoms. The minimum Gasteiger partial charge on any atom is -0.357 e. The Kier molecular flexibility index (Phi) is 2.53. The third kappa shape index (κ3) is 1.90. The van der Waals surface area contributed by atoms with Gasteiger partial charge in [0.05, 0.1) is 11.4 Å². The summed E-state index contributed by atoms with van der Waals surface area (Å²) in [4.78, 5) is 16.8. The third-order valence-electron chi connectivity index (χ3n) is 2.00. The highest BCUT2D eigenvalue weighted by atomic mass is 15.1. The number of nitrogens with zero attached hydrogens (tertiary/aromatic N) is 4. The highest BCUT2D eigenvalue weighted by Gasteiger charge is 2.05. The Balaban J connectivity index is 2.49. The van der Waals surface area contributed by atoms with Crippen LogP contribution < -0.4 is 5.32 Å². The molecule has 2 aromatic rings. The minimum absolute atomic E-state index is 0.581. The Hall–Kier alpha value is -2.04. The van der Waals surface area contributed by atoms with E-state index < -0.39 is 0 Å². The molecule has 0 bridgehead atoms. The van der Waals surface area contributed by atoms with E-state index in [1.165, 1.54) is 0 Å². The van der Waals surface area contributed by atoms with Gasteiger partial charge in [0.25, 0.3) is 0 Å². The molecule has 76 valence electrons. The van der Waals surface area contributed by atoms with Crippen molar-refractivity contribution in [2.45, 2.75) is 6.92 Å². The summed E-state index contributed by atoms with van der Waals surface area (Å²) in [6.07, 6.45) is 5.02. The van der Waals surface area contributed by atoms with Crippen molar-refractivity contribution in [2.75, 3.05) is 12.4 Å². The molecular formula is C10H11N5. The van der Waals surface area contributed by atoms with Crippen LogP contribution in [-0.4, -0.2) is 27.0 Å². The zero-order valence-corrected chi connectivity index (χ0v) is 8.60. The Bertz CT molecular complexity index is 469. The zero-order chi connectivity index (χ0) is 10.7. The second kappa shape index (κ2) is 4.00. The van der Waals surface area contributed by atoms with Crippen LogP contribution in [0.25, 0.3) is 11.4 Å². The van der Waals surface area contributed by atoms with Gasteiger partial charge in [0.2, 0.25) is 5.95 Å². The maximum absolute atomic E-state index is 4.30. The van der Waals surface area contributed by atoms with Gasteiger partial charge in [0.15, 0.2) is 0 Å². The largest absolute Gasteiger partial charge is 0.357 e. The lowest BCUT2D eigenvalue weighted by molar-refractivity contribution is 1.09. The van der Waals surface area contributed by atoms with Crippen LogP contribution in [0.5, 0.6) is 0 Å². The Morgan fingerprint density at radius 3 is 2.60 bits per heavy atom. The van der Waals surface area contributed by atoms with Crippen LogP contribution >= 0.6 is 0 Å². The van der Waals surface area contributed by atoms with Crippen molar-refractivity contribution in [2.24, 2.45) is 0 Å². The van der Waals surface area contributed by atoms with E-state index >= 15 is 0 Å². The first-order valence-corrected chi connectivity index (χ1v) is 4.60. The van der Waals surface area contributed by atoms with Gasteiger partial charge in [-0.15, -0.1) is 0 Å². The molecule has 1 N–H and O–H groups in total. The van der Waals surface area contributed by atoms with Gasteiger partial charge in [-0.25, -0.2) is 9.97 Å². The number of anilines is 1. The number of rotatable bonds is 2. The van der Waals surface area contributed by atoms with Crippen LogP contribution in [0.1, 0.15) is 5.69 Å². The third-order valence-corrected chi connectivity index (χ3v) is 2.00. The maximum atomic E-state index is 4.30. The highest BCUT2D eigenvalue weighted by Crippen LogP contribution is 2.16. The molecule has 5 nitrogen and oxygen atoms in total. The first-order chi connectivity index (χ1) is 7.31. The molecule has 2 rings (SSSR count). The molecule has 0 aromatic carbocycles. The van der Waals surface area contributed by atoms with Crippen LogP contribution in [0.2, 0.25) is 0 Å². The second-order valence-corrected chi connectivity index (χ2v) is 3.01. The van der Waals surface area contributed by atoms with E-state index in [0.717, 1.165) is 17.1 Å². The van der Waals surface area contributed by atoms with Gasteiger partial charge in [-0.05, 0) is 13.0 Å². The minimum atomic E-state index is 0.581. The van der Waals surface area contributed by atoms with E-state index in [4.69, 9.17) is 0 Å². The van der Waals surface area contributed by atoms with E-state index in [1.807, 2.05) is 13.0 Å². The molecule has 0 unspecified atom stereocenters. The molecule has 2 heterocycles. The van der Waals surface area contributed by atoms with Gasteiger partial charge < -0.3 is 5.32 Å². The molecule has 0 aliphatic heterocycles. The molecule has 0 saturated heterocycles. The number of hydrogen-bond acceptors (Lipinski definition) is 5. The van der Waals surface area contributed by atoms with Crippen molar-refractivity contribution in [3.05, 3.63) is 30.4 Å². The van der Waals surface area contributed by atoms with Gasteiger partial charge in [-0.2, -0.15) is 0 Å². The first kappa shape index (κ1) is 9.51. The Morgan fingerprint density at radius 1 is 1.07 bits per heavy atom. The predicted octanol–water partition coefficient (Wildman–Crippen LogP) is 1.28. The summed E-state index contributed by atoms with van der Waals surface area (Å²) in [6, 6.07) is 1.82. The summed E-state index contributed by atoms with van der Waals surface area (Å²) in [6.45, 7) is 1.91. The quantitative estimate of drug-likeness (QED) is 0.793. The fraction of sp³-hybridized carbons (Fsp3) is 0.200. The molecule has 0 atom stereocenters. The second-order valence-electron chi connectivity index (χ2n) is 3.01. The van der Waals surface area contributed by atoms with E-state index in [2.05, 4.69) is 25.3 Å². The van der Waals surface area contributed by atoms with Crippen molar-refractivity contribution in [3.8, 4) is 11.4 Å².